The second kappa shape index (κ2) is 14.4. The lowest BCUT2D eigenvalue weighted by Crippen LogP contribution is -2.68. The van der Waals surface area contributed by atoms with Crippen LogP contribution in [0, 0.1) is 0 Å². The van der Waals surface area contributed by atoms with Crippen molar-refractivity contribution in [2.45, 2.75) is 71.1 Å². The van der Waals surface area contributed by atoms with Gasteiger partial charge in [-0.3, -0.25) is 4.79 Å². The molecule has 1 fully saturated rings. The highest BCUT2D eigenvalue weighted by atomic mass is 35.5. The molecule has 2 aromatic carbocycles. The molecule has 0 bridgehead atoms. The largest absolute Gasteiger partial charge is 0.493 e. The van der Waals surface area contributed by atoms with E-state index in [0.29, 0.717) is 5.56 Å². The number of amides is 2. The van der Waals surface area contributed by atoms with Crippen molar-refractivity contribution in [3.8, 4) is 11.5 Å². The molecule has 1 N–H and O–H groups in total. The number of hydrogen-bond donors (Lipinski definition) is 1. The molecule has 0 unspecified atom stereocenters. The molecule has 43 heavy (non-hydrogen) atoms. The summed E-state index contributed by atoms with van der Waals surface area (Å²) in [6.45, 7) is 8.92. The van der Waals surface area contributed by atoms with Gasteiger partial charge in [0.05, 0.1) is 44.1 Å². The normalized spacial score (nSPS) is 16.3. The van der Waals surface area contributed by atoms with Gasteiger partial charge in [0.2, 0.25) is 0 Å². The van der Waals surface area contributed by atoms with E-state index in [1.165, 1.54) is 11.8 Å². The Morgan fingerprint density at radius 2 is 1.70 bits per heavy atom. The summed E-state index contributed by atoms with van der Waals surface area (Å²) >= 11 is 6.80. The van der Waals surface area contributed by atoms with Crippen LogP contribution in [-0.2, 0) is 14.3 Å². The molecule has 0 aliphatic heterocycles. The van der Waals surface area contributed by atoms with Crippen molar-refractivity contribution < 1.29 is 42.1 Å². The smallest absolute Gasteiger partial charge is 0.332 e. The van der Waals surface area contributed by atoms with Crippen LogP contribution >= 0.6 is 11.6 Å². The molecule has 12 heteroatoms. The highest BCUT2D eigenvalue weighted by molar-refractivity contribution is 6.33. The van der Waals surface area contributed by atoms with Gasteiger partial charge in [-0.15, -0.1) is 0 Å². The summed E-state index contributed by atoms with van der Waals surface area (Å²) in [6, 6.07) is 9.44. The fourth-order valence-corrected chi connectivity index (χ4v) is 5.55. The molecule has 1 aliphatic carbocycles. The number of ketones is 1. The number of esters is 1. The first kappa shape index (κ1) is 34.1. The highest BCUT2D eigenvalue weighted by Crippen LogP contribution is 2.47. The number of methoxy groups -OCH3 is 1. The lowest BCUT2D eigenvalue weighted by atomic mass is 9.73. The molecule has 0 saturated heterocycles. The molecule has 2 amide bonds. The Hall–Kier alpha value is -3.44. The summed E-state index contributed by atoms with van der Waals surface area (Å²) in [7, 11) is 1.08. The number of urea groups is 1. The van der Waals surface area contributed by atoms with E-state index in [2.05, 4.69) is 5.32 Å². The van der Waals surface area contributed by atoms with E-state index in [1.807, 2.05) is 37.3 Å². The lowest BCUT2D eigenvalue weighted by Gasteiger charge is -2.46. The minimum atomic E-state index is -3.13. The molecule has 3 rings (SSSR count). The van der Waals surface area contributed by atoms with Crippen LogP contribution in [0.25, 0.3) is 0 Å². The molecule has 2 atom stereocenters. The zero-order valence-corrected chi connectivity index (χ0v) is 26.1. The molecule has 0 radical (unpaired) electrons. The molecule has 1 saturated carbocycles. The van der Waals surface area contributed by atoms with E-state index in [1.54, 1.807) is 26.8 Å². The van der Waals surface area contributed by atoms with E-state index in [4.69, 9.17) is 30.5 Å². The fourth-order valence-electron chi connectivity index (χ4n) is 5.19. The van der Waals surface area contributed by atoms with Gasteiger partial charge in [-0.25, -0.2) is 18.4 Å². The zero-order valence-electron chi connectivity index (χ0n) is 25.3. The zero-order chi connectivity index (χ0) is 31.9. The summed E-state index contributed by atoms with van der Waals surface area (Å²) in [5, 5.41) is 2.60. The molecule has 2 aromatic rings. The Bertz CT molecular complexity index is 1300. The fraction of sp³-hybridized carbons (Fsp3) is 0.516. The summed E-state index contributed by atoms with van der Waals surface area (Å²) in [5.41, 5.74) is -0.405. The first-order chi connectivity index (χ1) is 20.3. The van der Waals surface area contributed by atoms with E-state index in [0.717, 1.165) is 12.7 Å². The Morgan fingerprint density at radius 1 is 1.07 bits per heavy atom. The highest BCUT2D eigenvalue weighted by Gasteiger charge is 2.63. The molecule has 236 valence electrons. The number of nitrogens with zero attached hydrogens (tertiary/aromatic N) is 1. The molecular weight excluding hydrogens is 586 g/mol. The van der Waals surface area contributed by atoms with Crippen molar-refractivity contribution in [2.75, 3.05) is 33.5 Å². The maximum absolute atomic E-state index is 14.0. The van der Waals surface area contributed by atoms with Crippen LogP contribution < -0.4 is 14.8 Å². The van der Waals surface area contributed by atoms with E-state index >= 15 is 0 Å². The first-order valence-electron chi connectivity index (χ1n) is 14.1. The third-order valence-corrected chi connectivity index (χ3v) is 7.73. The number of ether oxygens (including phenoxy) is 4. The van der Waals surface area contributed by atoms with E-state index in [-0.39, 0.29) is 60.3 Å². The maximum atomic E-state index is 14.0. The van der Waals surface area contributed by atoms with Crippen LogP contribution in [0.4, 0.5) is 13.6 Å². The van der Waals surface area contributed by atoms with Crippen LogP contribution in [0.2, 0.25) is 5.02 Å². The van der Waals surface area contributed by atoms with Crippen LogP contribution in [0.5, 0.6) is 11.5 Å². The Morgan fingerprint density at radius 3 is 2.23 bits per heavy atom. The van der Waals surface area contributed by atoms with Crippen molar-refractivity contribution in [3.05, 3.63) is 58.1 Å². The SMILES string of the molecule is CCOc1cc([C@@H](C)N(CCO[C@@H](C)c2ccccc2)C(=O)NC2(C(=O)OC)CC(F)(F)C2)c(Cl)c(OCC)c1C(C)=O. The van der Waals surface area contributed by atoms with Gasteiger partial charge >= 0.3 is 12.0 Å². The lowest BCUT2D eigenvalue weighted by molar-refractivity contribution is -0.178. The third kappa shape index (κ3) is 7.75. The quantitative estimate of drug-likeness (QED) is 0.188. The third-order valence-electron chi connectivity index (χ3n) is 7.34. The monoisotopic (exact) mass is 624 g/mol. The van der Waals surface area contributed by atoms with Crippen LogP contribution in [-0.4, -0.2) is 67.6 Å². The number of halogens is 3. The number of alkyl halides is 2. The average molecular weight is 625 g/mol. The number of hydrogen-bond acceptors (Lipinski definition) is 7. The summed E-state index contributed by atoms with van der Waals surface area (Å²) in [4.78, 5) is 40.2. The van der Waals surface area contributed by atoms with Gasteiger partial charge in [0.25, 0.3) is 5.92 Å². The van der Waals surface area contributed by atoms with Gasteiger partial charge in [-0.2, -0.15) is 0 Å². The van der Waals surface area contributed by atoms with Crippen LogP contribution in [0.1, 0.15) is 81.1 Å². The molecular formula is C31H39ClF2N2O7. The van der Waals surface area contributed by atoms with E-state index < -0.39 is 42.3 Å². The minimum Gasteiger partial charge on any atom is -0.493 e. The average Bonchev–Trinajstić information content (AvgIpc) is 2.95. The van der Waals surface area contributed by atoms with Crippen LogP contribution in [0.3, 0.4) is 0 Å². The molecule has 9 nitrogen and oxygen atoms in total. The number of carbonyl (C=O) groups excluding carboxylic acids is 3. The molecule has 0 aromatic heterocycles. The van der Waals surface area contributed by atoms with Crippen molar-refractivity contribution in [1.29, 1.82) is 0 Å². The summed E-state index contributed by atoms with van der Waals surface area (Å²) < 4.78 is 50.3. The number of benzene rings is 2. The van der Waals surface area contributed by atoms with E-state index in [9.17, 15) is 23.2 Å². The van der Waals surface area contributed by atoms with Crippen molar-refractivity contribution in [1.82, 2.24) is 10.2 Å². The van der Waals surface area contributed by atoms with Gasteiger partial charge in [-0.05, 0) is 46.2 Å². The first-order valence-corrected chi connectivity index (χ1v) is 14.5. The van der Waals surface area contributed by atoms with Crippen molar-refractivity contribution >= 4 is 29.4 Å². The minimum absolute atomic E-state index is 0.00343. The summed E-state index contributed by atoms with van der Waals surface area (Å²) in [5.74, 6) is -4.07. The van der Waals surface area contributed by atoms with Crippen molar-refractivity contribution in [3.63, 3.8) is 0 Å². The Kier molecular flexibility index (Phi) is 11.4. The van der Waals surface area contributed by atoms with Gasteiger partial charge in [0, 0.05) is 24.9 Å². The Labute approximate surface area is 255 Å². The predicted molar refractivity (Wildman–Crippen MR) is 157 cm³/mol. The maximum Gasteiger partial charge on any atom is 0.332 e. The molecule has 0 heterocycles. The van der Waals surface area contributed by atoms with Gasteiger partial charge in [0.1, 0.15) is 11.3 Å². The standard InChI is InChI=1S/C31H39ClF2N2O7/c1-7-41-24-16-23(26(32)27(42-8-2)25(24)20(4)37)19(3)36(14-15-43-21(5)22-12-10-9-11-13-22)29(39)35-30(28(38)40-6)17-31(33,34)18-30/h9-13,16,19,21H,7-8,14-15,17-18H2,1-6H3,(H,35,39)/t19-,21+/m1/s1. The second-order valence-electron chi connectivity index (χ2n) is 10.4. The van der Waals surface area contributed by atoms with Crippen LogP contribution in [0.15, 0.2) is 36.4 Å². The Balaban J connectivity index is 2.00. The van der Waals surface area contributed by atoms with Crippen molar-refractivity contribution in [2.24, 2.45) is 0 Å². The number of nitrogens with one attached hydrogen (secondary N) is 1. The molecule has 1 aliphatic rings. The number of rotatable bonds is 14. The van der Waals surface area contributed by atoms with Gasteiger partial charge in [0.15, 0.2) is 17.1 Å². The topological polar surface area (TPSA) is 103 Å². The number of carbonyl (C=O) groups is 3. The predicted octanol–water partition coefficient (Wildman–Crippen LogP) is 6.53. The van der Waals surface area contributed by atoms with Gasteiger partial charge < -0.3 is 29.2 Å². The second-order valence-corrected chi connectivity index (χ2v) is 10.8. The molecule has 0 spiro atoms. The summed E-state index contributed by atoms with van der Waals surface area (Å²) in [6.07, 6.45) is -2.08. The number of Topliss-reactive ketones (excluding diaryl/α,β-unsaturated/α-hetero) is 1. The van der Waals surface area contributed by atoms with Gasteiger partial charge in [-0.1, -0.05) is 41.9 Å².